The number of nitrogens with zero attached hydrogens (tertiary/aromatic N) is 3. The van der Waals surface area contributed by atoms with Crippen molar-refractivity contribution in [3.05, 3.63) is 59.8 Å². The van der Waals surface area contributed by atoms with Crippen molar-refractivity contribution in [3.8, 4) is 0 Å². The summed E-state index contributed by atoms with van der Waals surface area (Å²) in [5.74, 6) is 0.0423. The number of benzene rings is 1. The molecule has 0 bridgehead atoms. The van der Waals surface area contributed by atoms with Crippen molar-refractivity contribution in [2.45, 2.75) is 52.2 Å². The Morgan fingerprint density at radius 2 is 1.91 bits per heavy atom. The number of hydrogen-bond acceptors (Lipinski definition) is 5. The standard InChI is InChI=1S/C25H34N4O3/c1-18(2)11-13-27-24-21(10-7-12-26-24)25(32)29-15-14-28(17-20-8-5-4-6-9-20)19(3)22(29)16-23(30)31/h4-10,12,18-19,22H,11,13-17H2,1-3H3,(H,26,27)(H,30,31)/t19-,22-/m0/s1. The van der Waals surface area contributed by atoms with Gasteiger partial charge in [-0.3, -0.25) is 14.5 Å². The molecular formula is C25H34N4O3. The van der Waals surface area contributed by atoms with E-state index in [0.717, 1.165) is 19.5 Å². The molecule has 1 aliphatic rings. The highest BCUT2D eigenvalue weighted by Crippen LogP contribution is 2.26. The monoisotopic (exact) mass is 438 g/mol. The average Bonchev–Trinajstić information content (AvgIpc) is 2.77. The van der Waals surface area contributed by atoms with Crippen LogP contribution in [0.2, 0.25) is 0 Å². The van der Waals surface area contributed by atoms with Gasteiger partial charge in [0.1, 0.15) is 5.82 Å². The molecule has 2 N–H and O–H groups in total. The molecule has 1 fully saturated rings. The summed E-state index contributed by atoms with van der Waals surface area (Å²) in [6.45, 7) is 8.95. The van der Waals surface area contributed by atoms with Crippen LogP contribution in [-0.2, 0) is 11.3 Å². The first-order chi connectivity index (χ1) is 15.4. The lowest BCUT2D eigenvalue weighted by atomic mass is 9.97. The molecule has 2 heterocycles. The zero-order chi connectivity index (χ0) is 23.1. The maximum atomic E-state index is 13.6. The number of piperazine rings is 1. The van der Waals surface area contributed by atoms with Gasteiger partial charge in [-0.2, -0.15) is 0 Å². The second kappa shape index (κ2) is 11.1. The predicted octanol–water partition coefficient (Wildman–Crippen LogP) is 3.73. The van der Waals surface area contributed by atoms with E-state index in [-0.39, 0.29) is 18.4 Å². The minimum atomic E-state index is -0.900. The zero-order valence-electron chi connectivity index (χ0n) is 19.2. The van der Waals surface area contributed by atoms with E-state index in [1.54, 1.807) is 23.2 Å². The molecule has 1 saturated heterocycles. The number of nitrogens with one attached hydrogen (secondary N) is 1. The Morgan fingerprint density at radius 3 is 2.59 bits per heavy atom. The number of carboxylic acid groups (broad SMARTS) is 1. The van der Waals surface area contributed by atoms with E-state index >= 15 is 0 Å². The number of carbonyl (C=O) groups is 2. The lowest BCUT2D eigenvalue weighted by Crippen LogP contribution is -2.60. The molecule has 0 aliphatic carbocycles. The van der Waals surface area contributed by atoms with E-state index in [4.69, 9.17) is 0 Å². The van der Waals surface area contributed by atoms with E-state index in [9.17, 15) is 14.7 Å². The summed E-state index contributed by atoms with van der Waals surface area (Å²) < 4.78 is 0. The molecule has 1 aromatic carbocycles. The van der Waals surface area contributed by atoms with Crippen molar-refractivity contribution in [2.75, 3.05) is 25.0 Å². The SMILES string of the molecule is CC(C)CCNc1ncccc1C(=O)N1CCN(Cc2ccccc2)[C@@H](C)[C@@H]1CC(=O)O. The van der Waals surface area contributed by atoms with E-state index < -0.39 is 12.0 Å². The Balaban J connectivity index is 1.79. The molecule has 2 atom stereocenters. The fourth-order valence-electron chi connectivity index (χ4n) is 4.21. The summed E-state index contributed by atoms with van der Waals surface area (Å²) in [7, 11) is 0. The molecule has 0 spiro atoms. The van der Waals surface area contributed by atoms with Gasteiger partial charge in [0.2, 0.25) is 0 Å². The van der Waals surface area contributed by atoms with Crippen LogP contribution in [0, 0.1) is 5.92 Å². The number of carbonyl (C=O) groups excluding carboxylic acids is 1. The van der Waals surface area contributed by atoms with Crippen LogP contribution in [0.5, 0.6) is 0 Å². The molecule has 0 unspecified atom stereocenters. The quantitative estimate of drug-likeness (QED) is 0.621. The van der Waals surface area contributed by atoms with Crippen LogP contribution in [0.25, 0.3) is 0 Å². The molecule has 7 heteroatoms. The summed E-state index contributed by atoms with van der Waals surface area (Å²) >= 11 is 0. The largest absolute Gasteiger partial charge is 0.481 e. The molecule has 1 amide bonds. The Labute approximate surface area is 190 Å². The van der Waals surface area contributed by atoms with Gasteiger partial charge in [-0.05, 0) is 37.0 Å². The van der Waals surface area contributed by atoms with Crippen LogP contribution in [0.4, 0.5) is 5.82 Å². The maximum absolute atomic E-state index is 13.6. The van der Waals surface area contributed by atoms with Crippen LogP contribution in [-0.4, -0.2) is 63.5 Å². The normalized spacial score (nSPS) is 19.2. The van der Waals surface area contributed by atoms with E-state index in [2.05, 4.69) is 41.2 Å². The number of hydrogen-bond donors (Lipinski definition) is 2. The Bertz CT molecular complexity index is 903. The van der Waals surface area contributed by atoms with Crippen molar-refractivity contribution >= 4 is 17.7 Å². The van der Waals surface area contributed by atoms with Crippen molar-refractivity contribution in [1.29, 1.82) is 0 Å². The van der Waals surface area contributed by atoms with E-state index in [1.807, 2.05) is 25.1 Å². The number of anilines is 1. The number of pyridine rings is 1. The molecule has 0 radical (unpaired) electrons. The van der Waals surface area contributed by atoms with Crippen molar-refractivity contribution in [1.82, 2.24) is 14.8 Å². The Kier molecular flexibility index (Phi) is 8.22. The van der Waals surface area contributed by atoms with Crippen LogP contribution in [0.15, 0.2) is 48.7 Å². The summed E-state index contributed by atoms with van der Waals surface area (Å²) in [6.07, 6.45) is 2.55. The number of aromatic nitrogens is 1. The second-order valence-corrected chi connectivity index (χ2v) is 8.87. The minimum Gasteiger partial charge on any atom is -0.481 e. The molecule has 0 saturated carbocycles. The van der Waals surface area contributed by atoms with Crippen LogP contribution in [0.3, 0.4) is 0 Å². The smallest absolute Gasteiger partial charge is 0.305 e. The first-order valence-corrected chi connectivity index (χ1v) is 11.4. The van der Waals surface area contributed by atoms with Gasteiger partial charge < -0.3 is 15.3 Å². The van der Waals surface area contributed by atoms with Crippen molar-refractivity contribution in [2.24, 2.45) is 5.92 Å². The van der Waals surface area contributed by atoms with E-state index in [0.29, 0.717) is 30.4 Å². The predicted molar refractivity (Wildman–Crippen MR) is 126 cm³/mol. The number of carboxylic acids is 1. The van der Waals surface area contributed by atoms with Crippen LogP contribution in [0.1, 0.15) is 49.5 Å². The number of aliphatic carboxylic acids is 1. The summed E-state index contributed by atoms with van der Waals surface area (Å²) in [5.41, 5.74) is 1.67. The fraction of sp³-hybridized carbons (Fsp3) is 0.480. The Morgan fingerprint density at radius 1 is 1.16 bits per heavy atom. The first kappa shape index (κ1) is 23.7. The highest BCUT2D eigenvalue weighted by atomic mass is 16.4. The molecule has 7 nitrogen and oxygen atoms in total. The minimum absolute atomic E-state index is 0.0852. The number of amides is 1. The van der Waals surface area contributed by atoms with E-state index in [1.165, 1.54) is 5.56 Å². The first-order valence-electron chi connectivity index (χ1n) is 11.4. The molecule has 172 valence electrons. The third kappa shape index (κ3) is 6.07. The molecule has 32 heavy (non-hydrogen) atoms. The van der Waals surface area contributed by atoms with Crippen molar-refractivity contribution in [3.63, 3.8) is 0 Å². The molecule has 3 rings (SSSR count). The van der Waals surface area contributed by atoms with Crippen LogP contribution >= 0.6 is 0 Å². The highest BCUT2D eigenvalue weighted by Gasteiger charge is 2.38. The molecule has 2 aromatic rings. The van der Waals surface area contributed by atoms with Gasteiger partial charge in [0.25, 0.3) is 5.91 Å². The van der Waals surface area contributed by atoms with Crippen molar-refractivity contribution < 1.29 is 14.7 Å². The Hall–Kier alpha value is -2.93. The van der Waals surface area contributed by atoms with Crippen LogP contribution < -0.4 is 5.32 Å². The van der Waals surface area contributed by atoms with Gasteiger partial charge in [0.15, 0.2) is 0 Å². The number of rotatable bonds is 9. The third-order valence-electron chi connectivity index (χ3n) is 6.09. The average molecular weight is 439 g/mol. The third-order valence-corrected chi connectivity index (χ3v) is 6.09. The van der Waals surface area contributed by atoms with Gasteiger partial charge in [-0.1, -0.05) is 44.2 Å². The lowest BCUT2D eigenvalue weighted by molar-refractivity contribution is -0.139. The second-order valence-electron chi connectivity index (χ2n) is 8.87. The summed E-state index contributed by atoms with van der Waals surface area (Å²) in [4.78, 5) is 33.6. The van der Waals surface area contributed by atoms with Gasteiger partial charge in [0, 0.05) is 38.4 Å². The lowest BCUT2D eigenvalue weighted by Gasteiger charge is -2.46. The maximum Gasteiger partial charge on any atom is 0.305 e. The zero-order valence-corrected chi connectivity index (χ0v) is 19.2. The molecule has 1 aromatic heterocycles. The van der Waals surface area contributed by atoms with Gasteiger partial charge >= 0.3 is 5.97 Å². The fourth-order valence-corrected chi connectivity index (χ4v) is 4.21. The molecular weight excluding hydrogens is 404 g/mol. The topological polar surface area (TPSA) is 85.8 Å². The van der Waals surface area contributed by atoms with Gasteiger partial charge in [-0.25, -0.2) is 4.98 Å². The molecule has 1 aliphatic heterocycles. The summed E-state index contributed by atoms with van der Waals surface area (Å²) in [5, 5.41) is 12.9. The highest BCUT2D eigenvalue weighted by molar-refractivity contribution is 5.99. The van der Waals surface area contributed by atoms with Gasteiger partial charge in [0.05, 0.1) is 18.0 Å². The summed E-state index contributed by atoms with van der Waals surface area (Å²) in [6, 6.07) is 13.2. The van der Waals surface area contributed by atoms with Gasteiger partial charge in [-0.15, -0.1) is 0 Å².